The number of carbonyl (C=O) groups is 1. The second kappa shape index (κ2) is 2.77. The molecule has 0 saturated heterocycles. The molecule has 0 fully saturated rings. The highest BCUT2D eigenvalue weighted by Crippen LogP contribution is 2.35. The smallest absolute Gasteiger partial charge is 0.371 e. The first-order valence-electron chi connectivity index (χ1n) is 4.53. The van der Waals surface area contributed by atoms with E-state index in [-0.39, 0.29) is 11.4 Å². The lowest BCUT2D eigenvalue weighted by Gasteiger charge is -2.29. The molecule has 1 aliphatic heterocycles. The zero-order chi connectivity index (χ0) is 10.3. The van der Waals surface area contributed by atoms with Crippen molar-refractivity contribution in [3.05, 3.63) is 17.6 Å². The van der Waals surface area contributed by atoms with Crippen LogP contribution in [0.3, 0.4) is 0 Å². The van der Waals surface area contributed by atoms with Crippen LogP contribution >= 0.6 is 0 Å². The Morgan fingerprint density at radius 2 is 2.29 bits per heavy atom. The van der Waals surface area contributed by atoms with Gasteiger partial charge in [0, 0.05) is 12.5 Å². The average Bonchev–Trinajstić information content (AvgIpc) is 2.45. The van der Waals surface area contributed by atoms with Crippen molar-refractivity contribution in [1.82, 2.24) is 0 Å². The second-order valence-corrected chi connectivity index (χ2v) is 4.06. The SMILES string of the molecule is CC1(C)CCc2oc(C(=O)O)cc2O1. The maximum Gasteiger partial charge on any atom is 0.371 e. The molecule has 4 heteroatoms. The fourth-order valence-electron chi connectivity index (χ4n) is 1.54. The number of carboxylic acids is 1. The fourth-order valence-corrected chi connectivity index (χ4v) is 1.54. The Morgan fingerprint density at radius 3 is 2.93 bits per heavy atom. The normalized spacial score (nSPS) is 18.4. The number of furan rings is 1. The largest absolute Gasteiger partial charge is 0.484 e. The van der Waals surface area contributed by atoms with Crippen LogP contribution in [0.2, 0.25) is 0 Å². The van der Waals surface area contributed by atoms with Crippen molar-refractivity contribution in [3.63, 3.8) is 0 Å². The van der Waals surface area contributed by atoms with E-state index >= 15 is 0 Å². The van der Waals surface area contributed by atoms with Crippen molar-refractivity contribution in [3.8, 4) is 5.75 Å². The summed E-state index contributed by atoms with van der Waals surface area (Å²) >= 11 is 0. The average molecular weight is 196 g/mol. The maximum atomic E-state index is 10.6. The van der Waals surface area contributed by atoms with Gasteiger partial charge in [-0.15, -0.1) is 0 Å². The Labute approximate surface area is 81.5 Å². The first-order chi connectivity index (χ1) is 6.48. The molecule has 1 aromatic heterocycles. The van der Waals surface area contributed by atoms with E-state index < -0.39 is 5.97 Å². The third-order valence-electron chi connectivity index (χ3n) is 2.32. The van der Waals surface area contributed by atoms with Gasteiger partial charge in [-0.1, -0.05) is 0 Å². The van der Waals surface area contributed by atoms with E-state index in [0.717, 1.165) is 12.8 Å². The van der Waals surface area contributed by atoms with Crippen molar-refractivity contribution in [1.29, 1.82) is 0 Å². The Bertz CT molecular complexity index is 375. The van der Waals surface area contributed by atoms with Gasteiger partial charge in [0.15, 0.2) is 5.75 Å². The van der Waals surface area contributed by atoms with Crippen LogP contribution in [-0.2, 0) is 6.42 Å². The number of ether oxygens (including phenoxy) is 1. The van der Waals surface area contributed by atoms with Crippen LogP contribution in [0.4, 0.5) is 0 Å². The Hall–Kier alpha value is -1.45. The summed E-state index contributed by atoms with van der Waals surface area (Å²) < 4.78 is 10.7. The number of carboxylic acid groups (broad SMARTS) is 1. The molecule has 0 bridgehead atoms. The minimum Gasteiger partial charge on any atom is -0.484 e. The third-order valence-corrected chi connectivity index (χ3v) is 2.32. The third kappa shape index (κ3) is 1.47. The molecule has 1 aromatic rings. The van der Waals surface area contributed by atoms with Gasteiger partial charge in [-0.3, -0.25) is 0 Å². The van der Waals surface area contributed by atoms with Crippen molar-refractivity contribution >= 4 is 5.97 Å². The van der Waals surface area contributed by atoms with Gasteiger partial charge in [0.1, 0.15) is 11.4 Å². The first-order valence-corrected chi connectivity index (χ1v) is 4.53. The maximum absolute atomic E-state index is 10.6. The van der Waals surface area contributed by atoms with Crippen LogP contribution in [0.5, 0.6) is 5.75 Å². The molecular weight excluding hydrogens is 184 g/mol. The molecule has 14 heavy (non-hydrogen) atoms. The summed E-state index contributed by atoms with van der Waals surface area (Å²) in [4.78, 5) is 10.6. The standard InChI is InChI=1S/C10H12O4/c1-10(2)4-3-6-7(14-10)5-8(13-6)9(11)12/h5H,3-4H2,1-2H3,(H,11,12). The summed E-state index contributed by atoms with van der Waals surface area (Å²) in [6, 6.07) is 1.44. The van der Waals surface area contributed by atoms with Gasteiger partial charge < -0.3 is 14.3 Å². The number of hydrogen-bond donors (Lipinski definition) is 1. The van der Waals surface area contributed by atoms with Crippen LogP contribution in [0.1, 0.15) is 36.6 Å². The molecule has 1 N–H and O–H groups in total. The van der Waals surface area contributed by atoms with Crippen LogP contribution in [0.15, 0.2) is 10.5 Å². The minimum absolute atomic E-state index is 0.0484. The van der Waals surface area contributed by atoms with Gasteiger partial charge in [-0.25, -0.2) is 4.79 Å². The summed E-state index contributed by atoms with van der Waals surface area (Å²) in [5.41, 5.74) is -0.230. The Kier molecular flexibility index (Phi) is 1.80. The van der Waals surface area contributed by atoms with E-state index in [4.69, 9.17) is 14.3 Å². The second-order valence-electron chi connectivity index (χ2n) is 4.06. The molecule has 1 aliphatic rings. The minimum atomic E-state index is -1.05. The zero-order valence-corrected chi connectivity index (χ0v) is 8.16. The number of hydrogen-bond acceptors (Lipinski definition) is 3. The summed E-state index contributed by atoms with van der Waals surface area (Å²) in [5, 5.41) is 8.71. The van der Waals surface area contributed by atoms with Gasteiger partial charge in [0.2, 0.25) is 5.76 Å². The van der Waals surface area contributed by atoms with Gasteiger partial charge in [-0.05, 0) is 20.3 Å². The molecule has 0 amide bonds. The van der Waals surface area contributed by atoms with Gasteiger partial charge in [0.25, 0.3) is 0 Å². The van der Waals surface area contributed by atoms with E-state index in [1.165, 1.54) is 6.07 Å². The monoisotopic (exact) mass is 196 g/mol. The molecule has 0 aromatic carbocycles. The van der Waals surface area contributed by atoms with Crippen molar-refractivity contribution in [2.75, 3.05) is 0 Å². The van der Waals surface area contributed by atoms with E-state index in [1.807, 2.05) is 13.8 Å². The molecule has 2 heterocycles. The summed E-state index contributed by atoms with van der Waals surface area (Å²) in [5.74, 6) is 0.105. The molecule has 4 nitrogen and oxygen atoms in total. The lowest BCUT2D eigenvalue weighted by molar-refractivity contribution is 0.0655. The quantitative estimate of drug-likeness (QED) is 0.747. The molecule has 0 spiro atoms. The summed E-state index contributed by atoms with van der Waals surface area (Å²) in [6.45, 7) is 3.95. The molecule has 0 saturated carbocycles. The number of aromatic carboxylic acids is 1. The number of aryl methyl sites for hydroxylation is 1. The van der Waals surface area contributed by atoms with E-state index in [1.54, 1.807) is 0 Å². The molecule has 2 rings (SSSR count). The Morgan fingerprint density at radius 1 is 1.57 bits per heavy atom. The highest BCUT2D eigenvalue weighted by molar-refractivity contribution is 5.85. The lowest BCUT2D eigenvalue weighted by atomic mass is 9.98. The molecule has 0 radical (unpaired) electrons. The van der Waals surface area contributed by atoms with Crippen LogP contribution in [0, 0.1) is 0 Å². The molecule has 0 aliphatic carbocycles. The topological polar surface area (TPSA) is 59.7 Å². The van der Waals surface area contributed by atoms with Gasteiger partial charge in [0.05, 0.1) is 0 Å². The molecular formula is C10H12O4. The van der Waals surface area contributed by atoms with E-state index in [9.17, 15) is 4.79 Å². The van der Waals surface area contributed by atoms with Crippen molar-refractivity contribution < 1.29 is 19.1 Å². The van der Waals surface area contributed by atoms with E-state index in [0.29, 0.717) is 11.5 Å². The van der Waals surface area contributed by atoms with Gasteiger partial charge in [-0.2, -0.15) is 0 Å². The van der Waals surface area contributed by atoms with Crippen LogP contribution in [0.25, 0.3) is 0 Å². The van der Waals surface area contributed by atoms with Crippen molar-refractivity contribution in [2.45, 2.75) is 32.3 Å². The Balaban J connectivity index is 2.34. The molecule has 0 unspecified atom stereocenters. The highest BCUT2D eigenvalue weighted by atomic mass is 16.5. The van der Waals surface area contributed by atoms with Crippen LogP contribution in [-0.4, -0.2) is 16.7 Å². The summed E-state index contributed by atoms with van der Waals surface area (Å²) in [7, 11) is 0. The molecule has 76 valence electrons. The summed E-state index contributed by atoms with van der Waals surface area (Å²) in [6.07, 6.45) is 1.57. The van der Waals surface area contributed by atoms with Gasteiger partial charge >= 0.3 is 5.97 Å². The lowest BCUT2D eigenvalue weighted by Crippen LogP contribution is -2.31. The highest BCUT2D eigenvalue weighted by Gasteiger charge is 2.30. The number of rotatable bonds is 1. The van der Waals surface area contributed by atoms with Crippen molar-refractivity contribution in [2.24, 2.45) is 0 Å². The predicted molar refractivity (Wildman–Crippen MR) is 48.7 cm³/mol. The van der Waals surface area contributed by atoms with Crippen LogP contribution < -0.4 is 4.74 Å². The fraction of sp³-hybridized carbons (Fsp3) is 0.500. The zero-order valence-electron chi connectivity index (χ0n) is 8.16. The van der Waals surface area contributed by atoms with E-state index in [2.05, 4.69) is 0 Å². The first kappa shape index (κ1) is 9.12. The number of fused-ring (bicyclic) bond motifs is 1. The predicted octanol–water partition coefficient (Wildman–Crippen LogP) is 2.08. The molecule has 0 atom stereocenters.